The van der Waals surface area contributed by atoms with Crippen molar-refractivity contribution in [3.8, 4) is 0 Å². The summed E-state index contributed by atoms with van der Waals surface area (Å²) in [6.07, 6.45) is 2.92. The molecule has 3 nitrogen and oxygen atoms in total. The van der Waals surface area contributed by atoms with Gasteiger partial charge in [-0.1, -0.05) is 53.7 Å². The van der Waals surface area contributed by atoms with E-state index in [1.165, 1.54) is 17.3 Å². The SMILES string of the molecule is CSc1nc(Cl)c2c(n1)CCN(Cc1ccccc1)C2. The predicted octanol–water partition coefficient (Wildman–Crippen LogP) is 3.41. The minimum absolute atomic E-state index is 0.608. The topological polar surface area (TPSA) is 29.0 Å². The zero-order valence-electron chi connectivity index (χ0n) is 11.3. The van der Waals surface area contributed by atoms with E-state index in [0.717, 1.165) is 42.5 Å². The van der Waals surface area contributed by atoms with Gasteiger partial charge >= 0.3 is 0 Å². The smallest absolute Gasteiger partial charge is 0.188 e. The fourth-order valence-corrected chi connectivity index (χ4v) is 3.16. The number of halogens is 1. The van der Waals surface area contributed by atoms with Crippen LogP contribution in [-0.4, -0.2) is 27.7 Å². The highest BCUT2D eigenvalue weighted by Crippen LogP contribution is 2.26. The van der Waals surface area contributed by atoms with Crippen LogP contribution in [0.25, 0.3) is 0 Å². The van der Waals surface area contributed by atoms with Crippen molar-refractivity contribution >= 4 is 23.4 Å². The first kappa shape index (κ1) is 13.9. The lowest BCUT2D eigenvalue weighted by Gasteiger charge is -2.28. The van der Waals surface area contributed by atoms with E-state index in [0.29, 0.717) is 5.15 Å². The third-order valence-corrected chi connectivity index (χ3v) is 4.36. The van der Waals surface area contributed by atoms with E-state index < -0.39 is 0 Å². The summed E-state index contributed by atoms with van der Waals surface area (Å²) in [6.45, 7) is 2.79. The molecule has 1 aromatic heterocycles. The third-order valence-electron chi connectivity index (χ3n) is 3.50. The Kier molecular flexibility index (Phi) is 4.24. The Balaban J connectivity index is 1.78. The quantitative estimate of drug-likeness (QED) is 0.494. The van der Waals surface area contributed by atoms with Crippen molar-refractivity contribution in [3.63, 3.8) is 0 Å². The van der Waals surface area contributed by atoms with Crippen molar-refractivity contribution in [1.29, 1.82) is 0 Å². The number of rotatable bonds is 3. The van der Waals surface area contributed by atoms with Gasteiger partial charge in [0, 0.05) is 31.6 Å². The molecule has 5 heteroatoms. The van der Waals surface area contributed by atoms with Crippen molar-refractivity contribution in [2.24, 2.45) is 0 Å². The monoisotopic (exact) mass is 305 g/mol. The molecule has 0 unspecified atom stereocenters. The van der Waals surface area contributed by atoms with E-state index in [1.54, 1.807) is 0 Å². The number of fused-ring (bicyclic) bond motifs is 1. The molecular formula is C15H16ClN3S. The molecule has 0 N–H and O–H groups in total. The number of hydrogen-bond acceptors (Lipinski definition) is 4. The van der Waals surface area contributed by atoms with Crippen LogP contribution in [0, 0.1) is 0 Å². The molecule has 3 rings (SSSR count). The third kappa shape index (κ3) is 2.97. The molecule has 0 atom stereocenters. The second kappa shape index (κ2) is 6.12. The normalized spacial score (nSPS) is 15.1. The maximum absolute atomic E-state index is 6.30. The van der Waals surface area contributed by atoms with Crippen molar-refractivity contribution in [2.75, 3.05) is 12.8 Å². The lowest BCUT2D eigenvalue weighted by molar-refractivity contribution is 0.242. The van der Waals surface area contributed by atoms with Crippen LogP contribution < -0.4 is 0 Å². The predicted molar refractivity (Wildman–Crippen MR) is 83.1 cm³/mol. The second-order valence-corrected chi connectivity index (χ2v) is 6.00. The van der Waals surface area contributed by atoms with Crippen molar-refractivity contribution < 1.29 is 0 Å². The molecule has 2 aromatic rings. The largest absolute Gasteiger partial charge is 0.294 e. The van der Waals surface area contributed by atoms with E-state index in [9.17, 15) is 0 Å². The van der Waals surface area contributed by atoms with Gasteiger partial charge in [-0.25, -0.2) is 9.97 Å². The van der Waals surface area contributed by atoms with E-state index >= 15 is 0 Å². The summed E-state index contributed by atoms with van der Waals surface area (Å²) in [4.78, 5) is 11.3. The number of thioether (sulfide) groups is 1. The first-order valence-electron chi connectivity index (χ1n) is 6.62. The summed E-state index contributed by atoms with van der Waals surface area (Å²) in [7, 11) is 0. The van der Waals surface area contributed by atoms with E-state index in [1.807, 2.05) is 12.3 Å². The highest BCUT2D eigenvalue weighted by atomic mass is 35.5. The minimum atomic E-state index is 0.608. The number of hydrogen-bond donors (Lipinski definition) is 0. The lowest BCUT2D eigenvalue weighted by atomic mass is 10.1. The maximum Gasteiger partial charge on any atom is 0.188 e. The van der Waals surface area contributed by atoms with Gasteiger partial charge in [-0.05, 0) is 11.8 Å². The van der Waals surface area contributed by atoms with Gasteiger partial charge in [-0.3, -0.25) is 4.90 Å². The molecule has 0 bridgehead atoms. The van der Waals surface area contributed by atoms with Crippen molar-refractivity contribution in [3.05, 3.63) is 52.3 Å². The first-order chi connectivity index (χ1) is 9.76. The molecule has 0 spiro atoms. The molecule has 1 aromatic carbocycles. The fraction of sp³-hybridized carbons (Fsp3) is 0.333. The van der Waals surface area contributed by atoms with E-state index in [-0.39, 0.29) is 0 Å². The molecule has 0 amide bonds. The molecule has 0 radical (unpaired) electrons. The fourth-order valence-electron chi connectivity index (χ4n) is 2.48. The highest BCUT2D eigenvalue weighted by Gasteiger charge is 2.21. The van der Waals surface area contributed by atoms with Gasteiger partial charge in [0.15, 0.2) is 5.16 Å². The maximum atomic E-state index is 6.30. The minimum Gasteiger partial charge on any atom is -0.294 e. The zero-order valence-corrected chi connectivity index (χ0v) is 12.9. The number of aromatic nitrogens is 2. The zero-order chi connectivity index (χ0) is 13.9. The summed E-state index contributed by atoms with van der Waals surface area (Å²) >= 11 is 7.84. The van der Waals surface area contributed by atoms with Crippen LogP contribution in [0.15, 0.2) is 35.5 Å². The van der Waals surface area contributed by atoms with Crippen molar-refractivity contribution in [1.82, 2.24) is 14.9 Å². The lowest BCUT2D eigenvalue weighted by Crippen LogP contribution is -2.31. The van der Waals surface area contributed by atoms with Crippen LogP contribution >= 0.6 is 23.4 Å². The van der Waals surface area contributed by atoms with Gasteiger partial charge in [-0.15, -0.1) is 0 Å². The Bertz CT molecular complexity index is 604. The van der Waals surface area contributed by atoms with Crippen LogP contribution in [0.5, 0.6) is 0 Å². The van der Waals surface area contributed by atoms with Gasteiger partial charge in [0.2, 0.25) is 0 Å². The molecule has 20 heavy (non-hydrogen) atoms. The molecule has 1 aliphatic rings. The summed E-state index contributed by atoms with van der Waals surface area (Å²) in [5.41, 5.74) is 3.53. The van der Waals surface area contributed by atoms with Crippen LogP contribution in [0.3, 0.4) is 0 Å². The van der Waals surface area contributed by atoms with Crippen LogP contribution in [0.4, 0.5) is 0 Å². The molecule has 0 fully saturated rings. The van der Waals surface area contributed by atoms with E-state index in [4.69, 9.17) is 11.6 Å². The van der Waals surface area contributed by atoms with Crippen LogP contribution in [-0.2, 0) is 19.5 Å². The van der Waals surface area contributed by atoms with Crippen LogP contribution in [0.1, 0.15) is 16.8 Å². The van der Waals surface area contributed by atoms with Gasteiger partial charge in [0.1, 0.15) is 5.15 Å². The average Bonchev–Trinajstić information content (AvgIpc) is 2.48. The molecular weight excluding hydrogens is 290 g/mol. The Hall–Kier alpha value is -1.10. The summed E-state index contributed by atoms with van der Waals surface area (Å²) < 4.78 is 0. The van der Waals surface area contributed by atoms with Crippen molar-refractivity contribution in [2.45, 2.75) is 24.7 Å². The molecule has 1 aliphatic heterocycles. The molecule has 104 valence electrons. The Morgan fingerprint density at radius 1 is 1.25 bits per heavy atom. The Labute approximate surface area is 128 Å². The standard InChI is InChI=1S/C15H16ClN3S/c1-20-15-17-13-7-8-19(10-12(13)14(16)18-15)9-11-5-3-2-4-6-11/h2-6H,7-10H2,1H3. The second-order valence-electron chi connectivity index (χ2n) is 4.87. The molecule has 2 heterocycles. The van der Waals surface area contributed by atoms with Gasteiger partial charge < -0.3 is 0 Å². The number of nitrogens with zero attached hydrogens (tertiary/aromatic N) is 3. The number of benzene rings is 1. The van der Waals surface area contributed by atoms with Gasteiger partial charge in [-0.2, -0.15) is 0 Å². The van der Waals surface area contributed by atoms with Crippen LogP contribution in [0.2, 0.25) is 5.15 Å². The summed E-state index contributed by atoms with van der Waals surface area (Å²) in [6, 6.07) is 10.5. The highest BCUT2D eigenvalue weighted by molar-refractivity contribution is 7.98. The Morgan fingerprint density at radius 2 is 2.05 bits per heavy atom. The molecule has 0 saturated heterocycles. The van der Waals surface area contributed by atoms with E-state index in [2.05, 4.69) is 39.1 Å². The van der Waals surface area contributed by atoms with Gasteiger partial charge in [0.25, 0.3) is 0 Å². The summed E-state index contributed by atoms with van der Waals surface area (Å²) in [5, 5.41) is 1.38. The average molecular weight is 306 g/mol. The molecule has 0 saturated carbocycles. The van der Waals surface area contributed by atoms with Gasteiger partial charge in [0.05, 0.1) is 5.69 Å². The summed E-state index contributed by atoms with van der Waals surface area (Å²) in [5.74, 6) is 0. The Morgan fingerprint density at radius 3 is 2.80 bits per heavy atom. The molecule has 0 aliphatic carbocycles. The first-order valence-corrected chi connectivity index (χ1v) is 8.22.